The summed E-state index contributed by atoms with van der Waals surface area (Å²) in [6, 6.07) is 57.4. The Hall–Kier alpha value is -5.92. The Balaban J connectivity index is 1.36. The van der Waals surface area contributed by atoms with E-state index in [1.807, 2.05) is 0 Å². The van der Waals surface area contributed by atoms with Crippen molar-refractivity contribution in [2.45, 2.75) is 0 Å². The summed E-state index contributed by atoms with van der Waals surface area (Å²) in [6.45, 7) is 0. The topological polar surface area (TPSA) is 13.1 Å². The molecule has 1 nitrogen and oxygen atoms in total. The molecular weight excluding hydrogens is 544 g/mol. The lowest BCUT2D eigenvalue weighted by Crippen LogP contribution is -1.93. The van der Waals surface area contributed by atoms with Crippen LogP contribution in [0.2, 0.25) is 0 Å². The highest BCUT2D eigenvalue weighted by molar-refractivity contribution is 6.30. The van der Waals surface area contributed by atoms with Crippen LogP contribution in [-0.2, 0) is 0 Å². The van der Waals surface area contributed by atoms with Crippen LogP contribution >= 0.6 is 0 Å². The Kier molecular flexibility index (Phi) is 5.06. The maximum atomic E-state index is 6.34. The molecule has 0 fully saturated rings. The van der Waals surface area contributed by atoms with E-state index in [0.29, 0.717) is 0 Å². The van der Waals surface area contributed by atoms with Gasteiger partial charge in [0.25, 0.3) is 0 Å². The summed E-state index contributed by atoms with van der Waals surface area (Å²) < 4.78 is 6.34. The molecule has 0 aliphatic heterocycles. The fourth-order valence-electron chi connectivity index (χ4n) is 7.72. The first-order chi connectivity index (χ1) is 22.3. The molecule has 10 rings (SSSR count). The van der Waals surface area contributed by atoms with Gasteiger partial charge in [0.15, 0.2) is 0 Å². The predicted octanol–water partition coefficient (Wildman–Crippen LogP) is 12.6. The standard InChI is InChI=1S/C44H26O/c1-2-12-27(13-3-1)37-26-30(24-28-14-4-5-16-31(28)37)41-32-17-6-8-19-34(32)43(35-20-9-7-18-33(35)41)38-25-29-15-10-22-39-42(29)44-36(38)21-11-23-40(44)45-39/h1-26H. The van der Waals surface area contributed by atoms with Crippen LogP contribution in [0.5, 0.6) is 0 Å². The molecule has 0 radical (unpaired) electrons. The Morgan fingerprint density at radius 2 is 0.867 bits per heavy atom. The highest BCUT2D eigenvalue weighted by Crippen LogP contribution is 2.49. The van der Waals surface area contributed by atoms with Crippen molar-refractivity contribution in [3.8, 4) is 33.4 Å². The first-order valence-corrected chi connectivity index (χ1v) is 15.5. The molecule has 0 amide bonds. The zero-order chi connectivity index (χ0) is 29.5. The number of rotatable bonds is 3. The van der Waals surface area contributed by atoms with Gasteiger partial charge < -0.3 is 4.42 Å². The van der Waals surface area contributed by atoms with Crippen molar-refractivity contribution in [2.24, 2.45) is 0 Å². The van der Waals surface area contributed by atoms with E-state index >= 15 is 0 Å². The molecule has 1 aromatic heterocycles. The zero-order valence-corrected chi connectivity index (χ0v) is 24.4. The molecule has 0 saturated carbocycles. The number of hydrogen-bond acceptors (Lipinski definition) is 1. The van der Waals surface area contributed by atoms with Crippen molar-refractivity contribution in [3.63, 3.8) is 0 Å². The molecule has 208 valence electrons. The average molecular weight is 571 g/mol. The van der Waals surface area contributed by atoms with Crippen LogP contribution in [0.4, 0.5) is 0 Å². The van der Waals surface area contributed by atoms with Crippen molar-refractivity contribution in [1.82, 2.24) is 0 Å². The van der Waals surface area contributed by atoms with E-state index in [2.05, 4.69) is 158 Å². The zero-order valence-electron chi connectivity index (χ0n) is 24.4. The molecule has 0 spiro atoms. The number of fused-ring (bicyclic) bond motifs is 3. The highest BCUT2D eigenvalue weighted by atomic mass is 16.3. The van der Waals surface area contributed by atoms with Crippen LogP contribution in [0.25, 0.3) is 98.4 Å². The Morgan fingerprint density at radius 3 is 1.60 bits per heavy atom. The molecule has 1 heterocycles. The van der Waals surface area contributed by atoms with Crippen molar-refractivity contribution in [3.05, 3.63) is 158 Å². The number of benzene rings is 9. The third kappa shape index (κ3) is 3.50. The van der Waals surface area contributed by atoms with Crippen molar-refractivity contribution in [1.29, 1.82) is 0 Å². The molecule has 0 aliphatic carbocycles. The highest BCUT2D eigenvalue weighted by Gasteiger charge is 2.22. The third-order valence-corrected chi connectivity index (χ3v) is 9.58. The molecule has 1 heteroatoms. The van der Waals surface area contributed by atoms with Crippen LogP contribution in [0.3, 0.4) is 0 Å². The minimum absolute atomic E-state index is 0.940. The molecule has 0 N–H and O–H groups in total. The fraction of sp³-hybridized carbons (Fsp3) is 0. The second-order valence-electron chi connectivity index (χ2n) is 12.0. The lowest BCUT2D eigenvalue weighted by molar-refractivity contribution is 0.669. The van der Waals surface area contributed by atoms with Gasteiger partial charge in [0.1, 0.15) is 11.2 Å². The lowest BCUT2D eigenvalue weighted by atomic mass is 9.83. The number of furan rings is 1. The van der Waals surface area contributed by atoms with Crippen LogP contribution in [0.15, 0.2) is 162 Å². The van der Waals surface area contributed by atoms with Crippen LogP contribution in [-0.4, -0.2) is 0 Å². The molecule has 0 unspecified atom stereocenters. The molecule has 10 aromatic rings. The van der Waals surface area contributed by atoms with Gasteiger partial charge in [-0.05, 0) is 107 Å². The molecule has 9 aromatic carbocycles. The second kappa shape index (κ2) is 9.29. The average Bonchev–Trinajstić information content (AvgIpc) is 3.49. The Labute approximate surface area is 259 Å². The summed E-state index contributed by atoms with van der Waals surface area (Å²) >= 11 is 0. The SMILES string of the molecule is c1ccc(-c2cc(-c3c4ccccc4c(-c4cc5cccc6oc7cccc4c7c56)c4ccccc34)cc3ccccc23)cc1. The minimum atomic E-state index is 0.940. The normalized spacial score (nSPS) is 12.0. The van der Waals surface area contributed by atoms with E-state index in [1.54, 1.807) is 0 Å². The van der Waals surface area contributed by atoms with Crippen LogP contribution in [0.1, 0.15) is 0 Å². The third-order valence-electron chi connectivity index (χ3n) is 9.58. The molecule has 0 bridgehead atoms. The summed E-state index contributed by atoms with van der Waals surface area (Å²) in [6.07, 6.45) is 0. The summed E-state index contributed by atoms with van der Waals surface area (Å²) in [7, 11) is 0. The maximum absolute atomic E-state index is 6.34. The predicted molar refractivity (Wildman–Crippen MR) is 191 cm³/mol. The lowest BCUT2D eigenvalue weighted by Gasteiger charge is -2.20. The van der Waals surface area contributed by atoms with Gasteiger partial charge in [-0.3, -0.25) is 0 Å². The van der Waals surface area contributed by atoms with Gasteiger partial charge in [-0.1, -0.05) is 127 Å². The minimum Gasteiger partial charge on any atom is -0.456 e. The van der Waals surface area contributed by atoms with E-state index in [1.165, 1.54) is 87.2 Å². The largest absolute Gasteiger partial charge is 0.456 e. The molecular formula is C44H26O. The summed E-state index contributed by atoms with van der Waals surface area (Å²) in [5, 5.41) is 12.4. The van der Waals surface area contributed by atoms with Gasteiger partial charge in [-0.15, -0.1) is 0 Å². The van der Waals surface area contributed by atoms with Crippen LogP contribution in [0, 0.1) is 0 Å². The van der Waals surface area contributed by atoms with Crippen LogP contribution < -0.4 is 0 Å². The Bertz CT molecular complexity index is 2690. The van der Waals surface area contributed by atoms with Gasteiger partial charge in [0.2, 0.25) is 0 Å². The van der Waals surface area contributed by atoms with Crippen molar-refractivity contribution >= 4 is 65.0 Å². The first-order valence-electron chi connectivity index (χ1n) is 15.5. The van der Waals surface area contributed by atoms with E-state index in [0.717, 1.165) is 11.2 Å². The van der Waals surface area contributed by atoms with Crippen molar-refractivity contribution < 1.29 is 4.42 Å². The molecule has 0 saturated heterocycles. The maximum Gasteiger partial charge on any atom is 0.136 e. The van der Waals surface area contributed by atoms with Gasteiger partial charge >= 0.3 is 0 Å². The summed E-state index contributed by atoms with van der Waals surface area (Å²) in [5.74, 6) is 0. The van der Waals surface area contributed by atoms with Gasteiger partial charge in [0, 0.05) is 10.8 Å². The smallest absolute Gasteiger partial charge is 0.136 e. The fourth-order valence-corrected chi connectivity index (χ4v) is 7.72. The van der Waals surface area contributed by atoms with E-state index < -0.39 is 0 Å². The number of hydrogen-bond donors (Lipinski definition) is 0. The monoisotopic (exact) mass is 570 g/mol. The van der Waals surface area contributed by atoms with Gasteiger partial charge in [0.05, 0.1) is 0 Å². The second-order valence-corrected chi connectivity index (χ2v) is 12.0. The molecule has 0 atom stereocenters. The van der Waals surface area contributed by atoms with E-state index in [4.69, 9.17) is 4.42 Å². The summed E-state index contributed by atoms with van der Waals surface area (Å²) in [4.78, 5) is 0. The van der Waals surface area contributed by atoms with E-state index in [-0.39, 0.29) is 0 Å². The molecule has 45 heavy (non-hydrogen) atoms. The molecule has 0 aliphatic rings. The van der Waals surface area contributed by atoms with Crippen molar-refractivity contribution in [2.75, 3.05) is 0 Å². The Morgan fingerprint density at radius 1 is 0.311 bits per heavy atom. The summed E-state index contributed by atoms with van der Waals surface area (Å²) in [5.41, 5.74) is 9.38. The van der Waals surface area contributed by atoms with E-state index in [9.17, 15) is 0 Å². The van der Waals surface area contributed by atoms with Gasteiger partial charge in [-0.2, -0.15) is 0 Å². The quantitative estimate of drug-likeness (QED) is 0.152. The van der Waals surface area contributed by atoms with Gasteiger partial charge in [-0.25, -0.2) is 0 Å². The first kappa shape index (κ1) is 24.5.